The van der Waals surface area contributed by atoms with E-state index in [4.69, 9.17) is 5.73 Å². The Morgan fingerprint density at radius 3 is 3.07 bits per heavy atom. The summed E-state index contributed by atoms with van der Waals surface area (Å²) in [7, 11) is 0. The van der Waals surface area contributed by atoms with Crippen molar-refractivity contribution in [2.24, 2.45) is 11.7 Å². The molecule has 0 amide bonds. The third-order valence-corrected chi connectivity index (χ3v) is 4.36. The summed E-state index contributed by atoms with van der Waals surface area (Å²) in [6.07, 6.45) is 5.04. The molecule has 1 aromatic rings. The van der Waals surface area contributed by atoms with Crippen molar-refractivity contribution >= 4 is 11.3 Å². The van der Waals surface area contributed by atoms with Crippen LogP contribution in [0.1, 0.15) is 49.5 Å². The molecule has 2 atom stereocenters. The topological polar surface area (TPSA) is 26.0 Å². The molecular weight excluding hydrogens is 202 g/mol. The fraction of sp³-hybridized carbons (Fsp3) is 0.692. The van der Waals surface area contributed by atoms with Gasteiger partial charge < -0.3 is 5.73 Å². The molecule has 2 heteroatoms. The molecule has 0 saturated heterocycles. The summed E-state index contributed by atoms with van der Waals surface area (Å²) in [5, 5.41) is 2.23. The van der Waals surface area contributed by atoms with E-state index in [0.29, 0.717) is 17.9 Å². The summed E-state index contributed by atoms with van der Waals surface area (Å²) in [5.41, 5.74) is 7.88. The summed E-state index contributed by atoms with van der Waals surface area (Å²) in [6, 6.07) is 2.66. The smallest absolute Gasteiger partial charge is 0.0111 e. The highest BCUT2D eigenvalue weighted by molar-refractivity contribution is 7.10. The zero-order chi connectivity index (χ0) is 10.8. The minimum Gasteiger partial charge on any atom is -0.327 e. The van der Waals surface area contributed by atoms with Gasteiger partial charge in [0.25, 0.3) is 0 Å². The first kappa shape index (κ1) is 11.2. The van der Waals surface area contributed by atoms with Crippen molar-refractivity contribution < 1.29 is 0 Å². The average Bonchev–Trinajstić information content (AvgIpc) is 2.63. The zero-order valence-corrected chi connectivity index (χ0v) is 10.5. The molecule has 2 unspecified atom stereocenters. The maximum absolute atomic E-state index is 6.33. The van der Waals surface area contributed by atoms with E-state index in [1.807, 2.05) is 11.3 Å². The van der Waals surface area contributed by atoms with Gasteiger partial charge in [0.1, 0.15) is 0 Å². The lowest BCUT2D eigenvalue weighted by atomic mass is 9.80. The Labute approximate surface area is 96.7 Å². The highest BCUT2D eigenvalue weighted by atomic mass is 32.1. The molecule has 2 rings (SSSR count). The minimum absolute atomic E-state index is 0.360. The molecule has 1 aliphatic carbocycles. The van der Waals surface area contributed by atoms with Crippen molar-refractivity contribution in [3.05, 3.63) is 21.9 Å². The van der Waals surface area contributed by atoms with Crippen LogP contribution in [0.5, 0.6) is 0 Å². The lowest BCUT2D eigenvalue weighted by Gasteiger charge is -2.29. The first-order valence-corrected chi connectivity index (χ1v) is 6.88. The first-order chi connectivity index (χ1) is 7.18. The Balaban J connectivity index is 2.11. The normalized spacial score (nSPS) is 22.8. The van der Waals surface area contributed by atoms with Gasteiger partial charge in [-0.05, 0) is 48.6 Å². The highest BCUT2D eigenvalue weighted by Gasteiger charge is 2.26. The Bertz CT molecular complexity index is 316. The number of fused-ring (bicyclic) bond motifs is 1. The maximum atomic E-state index is 6.33. The Hall–Kier alpha value is -0.340. The number of thiophene rings is 1. The first-order valence-electron chi connectivity index (χ1n) is 6.00. The summed E-state index contributed by atoms with van der Waals surface area (Å²) in [6.45, 7) is 4.52. The highest BCUT2D eigenvalue weighted by Crippen LogP contribution is 2.37. The average molecular weight is 223 g/mol. The van der Waals surface area contributed by atoms with Crippen LogP contribution in [0.2, 0.25) is 0 Å². The molecular formula is C13H21NS. The van der Waals surface area contributed by atoms with E-state index >= 15 is 0 Å². The number of aryl methyl sites for hydroxylation is 1. The summed E-state index contributed by atoms with van der Waals surface area (Å²) in [5.74, 6) is 1.34. The predicted octanol–water partition coefficient (Wildman–Crippen LogP) is 3.54. The van der Waals surface area contributed by atoms with Crippen LogP contribution < -0.4 is 5.73 Å². The molecule has 1 aromatic heterocycles. The van der Waals surface area contributed by atoms with E-state index in [1.165, 1.54) is 19.3 Å². The van der Waals surface area contributed by atoms with Crippen LogP contribution in [0.15, 0.2) is 11.4 Å². The van der Waals surface area contributed by atoms with Gasteiger partial charge in [0, 0.05) is 16.8 Å². The number of rotatable bonds is 3. The van der Waals surface area contributed by atoms with E-state index in [9.17, 15) is 0 Å². The fourth-order valence-electron chi connectivity index (χ4n) is 2.68. The lowest BCUT2D eigenvalue weighted by Crippen LogP contribution is -2.31. The number of nitrogens with two attached hydrogens (primary N) is 1. The third kappa shape index (κ3) is 2.43. The van der Waals surface area contributed by atoms with Crippen molar-refractivity contribution in [3.8, 4) is 0 Å². The summed E-state index contributed by atoms with van der Waals surface area (Å²) >= 11 is 1.91. The molecule has 0 bridgehead atoms. The Kier molecular flexibility index (Phi) is 3.47. The Morgan fingerprint density at radius 1 is 1.53 bits per heavy atom. The molecule has 1 aliphatic rings. The molecule has 0 radical (unpaired) electrons. The van der Waals surface area contributed by atoms with Gasteiger partial charge in [0.2, 0.25) is 0 Å². The van der Waals surface area contributed by atoms with Crippen molar-refractivity contribution in [1.82, 2.24) is 0 Å². The van der Waals surface area contributed by atoms with E-state index in [2.05, 4.69) is 25.3 Å². The molecule has 0 aromatic carbocycles. The quantitative estimate of drug-likeness (QED) is 0.833. The van der Waals surface area contributed by atoms with Gasteiger partial charge in [0.05, 0.1) is 0 Å². The van der Waals surface area contributed by atoms with Crippen molar-refractivity contribution in [1.29, 1.82) is 0 Å². The molecule has 1 heterocycles. The summed E-state index contributed by atoms with van der Waals surface area (Å²) in [4.78, 5) is 1.59. The summed E-state index contributed by atoms with van der Waals surface area (Å²) < 4.78 is 0. The van der Waals surface area contributed by atoms with Crippen molar-refractivity contribution in [2.75, 3.05) is 0 Å². The SMILES string of the molecule is CC(C)CC(N)C1CCCc2sccc21. The number of hydrogen-bond donors (Lipinski definition) is 1. The van der Waals surface area contributed by atoms with Crippen LogP contribution >= 0.6 is 11.3 Å². The molecule has 0 aliphatic heterocycles. The van der Waals surface area contributed by atoms with Gasteiger partial charge in [-0.25, -0.2) is 0 Å². The van der Waals surface area contributed by atoms with Gasteiger partial charge in [-0.1, -0.05) is 13.8 Å². The minimum atomic E-state index is 0.360. The van der Waals surface area contributed by atoms with E-state index in [0.717, 1.165) is 6.42 Å². The molecule has 2 N–H and O–H groups in total. The standard InChI is InChI=1S/C13H21NS/c1-9(2)8-12(14)10-4-3-5-13-11(10)6-7-15-13/h6-7,9-10,12H,3-5,8,14H2,1-2H3. The third-order valence-electron chi connectivity index (χ3n) is 3.36. The van der Waals surface area contributed by atoms with Crippen LogP contribution in [-0.2, 0) is 6.42 Å². The van der Waals surface area contributed by atoms with Crippen molar-refractivity contribution in [2.45, 2.75) is 51.5 Å². The van der Waals surface area contributed by atoms with Gasteiger partial charge in [-0.15, -0.1) is 11.3 Å². The van der Waals surface area contributed by atoms with E-state index < -0.39 is 0 Å². The maximum Gasteiger partial charge on any atom is 0.0111 e. The van der Waals surface area contributed by atoms with Crippen LogP contribution in [0.4, 0.5) is 0 Å². The molecule has 84 valence electrons. The second-order valence-electron chi connectivity index (χ2n) is 5.09. The molecule has 1 nitrogen and oxygen atoms in total. The van der Waals surface area contributed by atoms with Crippen LogP contribution in [0.3, 0.4) is 0 Å². The fourth-order valence-corrected chi connectivity index (χ4v) is 3.67. The second kappa shape index (κ2) is 4.67. The predicted molar refractivity (Wildman–Crippen MR) is 67.4 cm³/mol. The van der Waals surface area contributed by atoms with Gasteiger partial charge in [-0.2, -0.15) is 0 Å². The molecule has 15 heavy (non-hydrogen) atoms. The lowest BCUT2D eigenvalue weighted by molar-refractivity contribution is 0.400. The van der Waals surface area contributed by atoms with E-state index in [-0.39, 0.29) is 0 Å². The van der Waals surface area contributed by atoms with Gasteiger partial charge in [-0.3, -0.25) is 0 Å². The Morgan fingerprint density at radius 2 is 2.33 bits per heavy atom. The number of hydrogen-bond acceptors (Lipinski definition) is 2. The van der Waals surface area contributed by atoms with Crippen LogP contribution in [-0.4, -0.2) is 6.04 Å². The second-order valence-corrected chi connectivity index (χ2v) is 6.09. The monoisotopic (exact) mass is 223 g/mol. The molecule has 0 saturated carbocycles. The largest absolute Gasteiger partial charge is 0.327 e. The van der Waals surface area contributed by atoms with E-state index in [1.54, 1.807) is 10.4 Å². The zero-order valence-electron chi connectivity index (χ0n) is 9.70. The van der Waals surface area contributed by atoms with Crippen LogP contribution in [0, 0.1) is 5.92 Å². The molecule has 0 fully saturated rings. The van der Waals surface area contributed by atoms with Gasteiger partial charge >= 0.3 is 0 Å². The van der Waals surface area contributed by atoms with Crippen molar-refractivity contribution in [3.63, 3.8) is 0 Å². The molecule has 0 spiro atoms. The van der Waals surface area contributed by atoms with Gasteiger partial charge in [0.15, 0.2) is 0 Å². The van der Waals surface area contributed by atoms with Crippen LogP contribution in [0.25, 0.3) is 0 Å².